The number of allylic oxidation sites excluding steroid dienone is 2. The second-order valence-corrected chi connectivity index (χ2v) is 5.37. The van der Waals surface area contributed by atoms with Gasteiger partial charge in [0, 0.05) is 9.80 Å². The summed E-state index contributed by atoms with van der Waals surface area (Å²) in [5.74, 6) is 0.954. The van der Waals surface area contributed by atoms with Gasteiger partial charge in [0.05, 0.1) is 7.11 Å². The molecule has 0 aliphatic heterocycles. The van der Waals surface area contributed by atoms with Crippen LogP contribution in [0.5, 0.6) is 5.75 Å². The predicted octanol–water partition coefficient (Wildman–Crippen LogP) is 4.73. The minimum absolute atomic E-state index is 0.940. The molecule has 1 rings (SSSR count). The summed E-state index contributed by atoms with van der Waals surface area (Å²) < 4.78 is 6.44. The fourth-order valence-electron chi connectivity index (χ4n) is 1.56. The third-order valence-electron chi connectivity index (χ3n) is 2.31. The lowest BCUT2D eigenvalue weighted by Gasteiger charge is -2.09. The van der Waals surface area contributed by atoms with E-state index in [-0.39, 0.29) is 0 Å². The van der Waals surface area contributed by atoms with Gasteiger partial charge in [0.15, 0.2) is 0 Å². The molecule has 0 aliphatic rings. The monoisotopic (exact) mass is 346 g/mol. The summed E-state index contributed by atoms with van der Waals surface area (Å²) in [5.41, 5.74) is 2.59. The topological polar surface area (TPSA) is 9.23 Å². The van der Waals surface area contributed by atoms with Crippen LogP contribution < -0.4 is 4.74 Å². The smallest absolute Gasteiger partial charge is 0.122 e. The van der Waals surface area contributed by atoms with E-state index in [4.69, 9.17) is 4.74 Å². The molecular formula is C13H16Br2O. The molecule has 3 heteroatoms. The number of hydrogen-bond acceptors (Lipinski definition) is 1. The average molecular weight is 348 g/mol. The van der Waals surface area contributed by atoms with Crippen molar-refractivity contribution in [1.29, 1.82) is 0 Å². The lowest BCUT2D eigenvalue weighted by Crippen LogP contribution is -1.93. The van der Waals surface area contributed by atoms with Crippen LogP contribution in [0.1, 0.15) is 18.9 Å². The second kappa shape index (κ2) is 7.13. The molecule has 0 atom stereocenters. The van der Waals surface area contributed by atoms with Crippen molar-refractivity contribution in [2.24, 2.45) is 0 Å². The van der Waals surface area contributed by atoms with Gasteiger partial charge in [-0.3, -0.25) is 0 Å². The molecule has 0 aliphatic carbocycles. The van der Waals surface area contributed by atoms with E-state index in [9.17, 15) is 0 Å². The Morgan fingerprint density at radius 3 is 2.81 bits per heavy atom. The number of rotatable bonds is 5. The van der Waals surface area contributed by atoms with Gasteiger partial charge in [-0.1, -0.05) is 43.5 Å². The molecule has 16 heavy (non-hydrogen) atoms. The van der Waals surface area contributed by atoms with Crippen molar-refractivity contribution in [2.75, 3.05) is 12.4 Å². The minimum atomic E-state index is 0.940. The Balaban J connectivity index is 2.82. The third kappa shape index (κ3) is 4.30. The average Bonchev–Trinajstić information content (AvgIpc) is 2.27. The highest BCUT2D eigenvalue weighted by Gasteiger charge is 2.04. The largest absolute Gasteiger partial charge is 0.496 e. The van der Waals surface area contributed by atoms with Gasteiger partial charge in [-0.25, -0.2) is 0 Å². The number of ether oxygens (including phenoxy) is 1. The molecular weight excluding hydrogens is 332 g/mol. The standard InChI is InChI=1S/C13H16Br2O/c1-10(4-3-7-14)8-11-9-12(15)5-6-13(11)16-2/h4-6,9H,3,7-8H2,1-2H3. The van der Waals surface area contributed by atoms with Crippen molar-refractivity contribution in [2.45, 2.75) is 19.8 Å². The summed E-state index contributed by atoms with van der Waals surface area (Å²) >= 11 is 6.91. The van der Waals surface area contributed by atoms with Crippen LogP contribution in [0.3, 0.4) is 0 Å². The Morgan fingerprint density at radius 2 is 2.19 bits per heavy atom. The molecule has 0 aromatic heterocycles. The summed E-state index contributed by atoms with van der Waals surface area (Å²) in [4.78, 5) is 0. The highest BCUT2D eigenvalue weighted by atomic mass is 79.9. The van der Waals surface area contributed by atoms with E-state index in [0.717, 1.165) is 28.4 Å². The van der Waals surface area contributed by atoms with Crippen molar-refractivity contribution >= 4 is 31.9 Å². The van der Waals surface area contributed by atoms with E-state index in [2.05, 4.69) is 50.9 Å². The number of hydrogen-bond donors (Lipinski definition) is 0. The van der Waals surface area contributed by atoms with E-state index < -0.39 is 0 Å². The third-order valence-corrected chi connectivity index (χ3v) is 3.26. The summed E-state index contributed by atoms with van der Waals surface area (Å²) in [6.07, 6.45) is 4.27. The quantitative estimate of drug-likeness (QED) is 0.552. The van der Waals surface area contributed by atoms with E-state index >= 15 is 0 Å². The van der Waals surface area contributed by atoms with Crippen molar-refractivity contribution < 1.29 is 4.74 Å². The zero-order valence-corrected chi connectivity index (χ0v) is 12.8. The van der Waals surface area contributed by atoms with Crippen molar-refractivity contribution in [3.8, 4) is 5.75 Å². The molecule has 0 saturated carbocycles. The first-order valence-corrected chi connectivity index (χ1v) is 7.13. The van der Waals surface area contributed by atoms with Crippen molar-refractivity contribution in [1.82, 2.24) is 0 Å². The molecule has 1 aromatic rings. The zero-order chi connectivity index (χ0) is 12.0. The molecule has 0 unspecified atom stereocenters. The van der Waals surface area contributed by atoms with Gasteiger partial charge >= 0.3 is 0 Å². The van der Waals surface area contributed by atoms with Crippen molar-refractivity contribution in [3.63, 3.8) is 0 Å². The maximum atomic E-state index is 5.35. The molecule has 0 fully saturated rings. The summed E-state index contributed by atoms with van der Waals surface area (Å²) in [6, 6.07) is 6.11. The Bertz CT molecular complexity index is 372. The molecule has 1 aromatic carbocycles. The number of benzene rings is 1. The molecule has 0 N–H and O–H groups in total. The van der Waals surface area contributed by atoms with Gasteiger partial charge < -0.3 is 4.74 Å². The first-order chi connectivity index (χ1) is 7.67. The Morgan fingerprint density at radius 1 is 1.44 bits per heavy atom. The highest BCUT2D eigenvalue weighted by molar-refractivity contribution is 9.10. The summed E-state index contributed by atoms with van der Waals surface area (Å²) in [6.45, 7) is 2.16. The van der Waals surface area contributed by atoms with Gasteiger partial charge in [-0.05, 0) is 43.5 Å². The number of halogens is 2. The summed E-state index contributed by atoms with van der Waals surface area (Å²) in [7, 11) is 1.71. The van der Waals surface area contributed by atoms with Gasteiger partial charge in [-0.15, -0.1) is 0 Å². The number of alkyl halides is 1. The van der Waals surface area contributed by atoms with E-state index in [1.165, 1.54) is 11.1 Å². The van der Waals surface area contributed by atoms with Gasteiger partial charge in [0.2, 0.25) is 0 Å². The minimum Gasteiger partial charge on any atom is -0.496 e. The molecule has 0 spiro atoms. The second-order valence-electron chi connectivity index (χ2n) is 3.66. The SMILES string of the molecule is COc1ccc(Br)cc1CC(C)=CCCBr. The zero-order valence-electron chi connectivity index (χ0n) is 9.59. The van der Waals surface area contributed by atoms with Crippen LogP contribution in [-0.2, 0) is 6.42 Å². The first kappa shape index (κ1) is 13.8. The highest BCUT2D eigenvalue weighted by Crippen LogP contribution is 2.25. The van der Waals surface area contributed by atoms with Crippen LogP contribution in [0.25, 0.3) is 0 Å². The Labute approximate surface area is 114 Å². The van der Waals surface area contributed by atoms with Crippen LogP contribution in [-0.4, -0.2) is 12.4 Å². The number of methoxy groups -OCH3 is 1. The first-order valence-electron chi connectivity index (χ1n) is 5.21. The van der Waals surface area contributed by atoms with Gasteiger partial charge in [0.1, 0.15) is 5.75 Å². The van der Waals surface area contributed by atoms with Crippen molar-refractivity contribution in [3.05, 3.63) is 39.9 Å². The molecule has 1 nitrogen and oxygen atoms in total. The lowest BCUT2D eigenvalue weighted by atomic mass is 10.0. The maximum Gasteiger partial charge on any atom is 0.122 e. The van der Waals surface area contributed by atoms with Crippen LogP contribution in [0.15, 0.2) is 34.3 Å². The van der Waals surface area contributed by atoms with Crippen LogP contribution in [0.2, 0.25) is 0 Å². The van der Waals surface area contributed by atoms with E-state index in [1.807, 2.05) is 12.1 Å². The van der Waals surface area contributed by atoms with E-state index in [1.54, 1.807) is 7.11 Å². The van der Waals surface area contributed by atoms with Crippen LogP contribution in [0.4, 0.5) is 0 Å². The molecule has 0 heterocycles. The predicted molar refractivity (Wildman–Crippen MR) is 76.6 cm³/mol. The maximum absolute atomic E-state index is 5.35. The molecule has 0 bridgehead atoms. The lowest BCUT2D eigenvalue weighted by molar-refractivity contribution is 0.410. The molecule has 0 radical (unpaired) electrons. The Hall–Kier alpha value is -0.280. The van der Waals surface area contributed by atoms with Crippen LogP contribution in [0, 0.1) is 0 Å². The van der Waals surface area contributed by atoms with Crippen LogP contribution >= 0.6 is 31.9 Å². The molecule has 0 amide bonds. The molecule has 88 valence electrons. The fourth-order valence-corrected chi connectivity index (χ4v) is 2.20. The van der Waals surface area contributed by atoms with Gasteiger partial charge in [-0.2, -0.15) is 0 Å². The fraction of sp³-hybridized carbons (Fsp3) is 0.385. The molecule has 0 saturated heterocycles. The van der Waals surface area contributed by atoms with E-state index in [0.29, 0.717) is 0 Å². The summed E-state index contributed by atoms with van der Waals surface area (Å²) in [5, 5.41) is 1.01. The normalized spacial score (nSPS) is 11.6. The Kier molecular flexibility index (Phi) is 6.14. The van der Waals surface area contributed by atoms with Gasteiger partial charge in [0.25, 0.3) is 0 Å².